The summed E-state index contributed by atoms with van der Waals surface area (Å²) in [7, 11) is 1.68. The van der Waals surface area contributed by atoms with Crippen molar-refractivity contribution in [1.82, 2.24) is 10.2 Å². The summed E-state index contributed by atoms with van der Waals surface area (Å²) in [5.41, 5.74) is 2.13. The van der Waals surface area contributed by atoms with Crippen LogP contribution in [-0.4, -0.2) is 50.3 Å². The second-order valence-electron chi connectivity index (χ2n) is 6.41. The van der Waals surface area contributed by atoms with Gasteiger partial charge < -0.3 is 14.8 Å². The number of hydrogen-bond acceptors (Lipinski definition) is 4. The van der Waals surface area contributed by atoms with Crippen molar-refractivity contribution < 1.29 is 14.3 Å². The Morgan fingerprint density at radius 3 is 3.08 bits per heavy atom. The van der Waals surface area contributed by atoms with Gasteiger partial charge in [0, 0.05) is 38.4 Å². The number of hydrogen-bond donors (Lipinski definition) is 1. The smallest absolute Gasteiger partial charge is 0.247 e. The minimum atomic E-state index is 0.0616. The van der Waals surface area contributed by atoms with Crippen LogP contribution < -0.4 is 10.1 Å². The minimum absolute atomic E-state index is 0.0616. The van der Waals surface area contributed by atoms with Crippen LogP contribution >= 0.6 is 0 Å². The van der Waals surface area contributed by atoms with Gasteiger partial charge in [-0.2, -0.15) is 0 Å². The molecule has 0 aliphatic carbocycles. The molecule has 5 heteroatoms. The molecule has 0 bridgehead atoms. The van der Waals surface area contributed by atoms with Gasteiger partial charge in [-0.25, -0.2) is 0 Å². The predicted octanol–water partition coefficient (Wildman–Crippen LogP) is 2.12. The molecule has 130 valence electrons. The van der Waals surface area contributed by atoms with Crippen LogP contribution in [0.25, 0.3) is 0 Å². The van der Waals surface area contributed by atoms with Crippen LogP contribution in [-0.2, 0) is 16.1 Å². The highest BCUT2D eigenvalue weighted by Crippen LogP contribution is 2.18. The Labute approximate surface area is 143 Å². The molecule has 0 saturated carbocycles. The van der Waals surface area contributed by atoms with Crippen molar-refractivity contribution in [1.29, 1.82) is 0 Å². The Kier molecular flexibility index (Phi) is 5.88. The van der Waals surface area contributed by atoms with Crippen LogP contribution in [0, 0.1) is 0 Å². The monoisotopic (exact) mass is 330 g/mol. The predicted molar refractivity (Wildman–Crippen MR) is 93.0 cm³/mol. The SMILES string of the molecule is COc1cccc(CN2CC=C(C(=O)NCC3CCCO3)CC2)c1. The maximum Gasteiger partial charge on any atom is 0.247 e. The van der Waals surface area contributed by atoms with Gasteiger partial charge in [0.15, 0.2) is 0 Å². The lowest BCUT2D eigenvalue weighted by molar-refractivity contribution is -0.118. The Hall–Kier alpha value is -1.85. The average molecular weight is 330 g/mol. The number of methoxy groups -OCH3 is 1. The van der Waals surface area contributed by atoms with Gasteiger partial charge >= 0.3 is 0 Å². The fourth-order valence-electron chi connectivity index (χ4n) is 3.22. The molecule has 1 N–H and O–H groups in total. The highest BCUT2D eigenvalue weighted by Gasteiger charge is 2.20. The Balaban J connectivity index is 1.47. The maximum atomic E-state index is 12.2. The summed E-state index contributed by atoms with van der Waals surface area (Å²) in [6.45, 7) is 4.03. The van der Waals surface area contributed by atoms with E-state index in [-0.39, 0.29) is 12.0 Å². The van der Waals surface area contributed by atoms with Gasteiger partial charge in [-0.15, -0.1) is 0 Å². The number of carbonyl (C=O) groups is 1. The van der Waals surface area contributed by atoms with Crippen LogP contribution in [0.2, 0.25) is 0 Å². The van der Waals surface area contributed by atoms with Gasteiger partial charge in [0.1, 0.15) is 5.75 Å². The zero-order chi connectivity index (χ0) is 16.8. The number of carbonyl (C=O) groups excluding carboxylic acids is 1. The fraction of sp³-hybridized carbons (Fsp3) is 0.526. The van der Waals surface area contributed by atoms with Gasteiger partial charge in [-0.3, -0.25) is 9.69 Å². The molecule has 2 aliphatic rings. The molecule has 2 heterocycles. The molecule has 1 aromatic carbocycles. The molecule has 1 amide bonds. The van der Waals surface area contributed by atoms with Crippen molar-refractivity contribution >= 4 is 5.91 Å². The first-order valence-corrected chi connectivity index (χ1v) is 8.69. The summed E-state index contributed by atoms with van der Waals surface area (Å²) in [6.07, 6.45) is 5.19. The molecular weight excluding hydrogens is 304 g/mol. The van der Waals surface area contributed by atoms with E-state index in [4.69, 9.17) is 9.47 Å². The number of rotatable bonds is 6. The van der Waals surface area contributed by atoms with E-state index in [9.17, 15) is 4.79 Å². The molecule has 1 saturated heterocycles. The maximum absolute atomic E-state index is 12.2. The molecule has 1 unspecified atom stereocenters. The topological polar surface area (TPSA) is 50.8 Å². The lowest BCUT2D eigenvalue weighted by Crippen LogP contribution is -2.36. The summed E-state index contributed by atoms with van der Waals surface area (Å²) in [5.74, 6) is 0.945. The van der Waals surface area contributed by atoms with Crippen molar-refractivity contribution in [3.05, 3.63) is 41.5 Å². The third-order valence-electron chi connectivity index (χ3n) is 4.64. The van der Waals surface area contributed by atoms with Gasteiger partial charge in [0.05, 0.1) is 13.2 Å². The first-order valence-electron chi connectivity index (χ1n) is 8.69. The second-order valence-corrected chi connectivity index (χ2v) is 6.41. The van der Waals surface area contributed by atoms with Gasteiger partial charge in [0.2, 0.25) is 5.91 Å². The van der Waals surface area contributed by atoms with Crippen LogP contribution in [0.1, 0.15) is 24.8 Å². The van der Waals surface area contributed by atoms with Crippen molar-refractivity contribution in [3.8, 4) is 5.75 Å². The minimum Gasteiger partial charge on any atom is -0.497 e. The van der Waals surface area contributed by atoms with E-state index >= 15 is 0 Å². The third-order valence-corrected chi connectivity index (χ3v) is 4.64. The number of amides is 1. The highest BCUT2D eigenvalue weighted by molar-refractivity contribution is 5.93. The molecule has 1 fully saturated rings. The largest absolute Gasteiger partial charge is 0.497 e. The Morgan fingerprint density at radius 2 is 2.38 bits per heavy atom. The van der Waals surface area contributed by atoms with E-state index in [0.29, 0.717) is 6.54 Å². The van der Waals surface area contributed by atoms with E-state index in [1.165, 1.54) is 5.56 Å². The number of ether oxygens (including phenoxy) is 2. The van der Waals surface area contributed by atoms with Gasteiger partial charge in [-0.1, -0.05) is 18.2 Å². The second kappa shape index (κ2) is 8.31. The third kappa shape index (κ3) is 4.58. The molecule has 2 aliphatic heterocycles. The standard InChI is InChI=1S/C19H26N2O3/c1-23-17-5-2-4-15(12-17)14-21-9-7-16(8-10-21)19(22)20-13-18-6-3-11-24-18/h2,4-5,7,12,18H,3,6,8-11,13-14H2,1H3,(H,20,22). The number of nitrogens with one attached hydrogen (secondary N) is 1. The van der Waals surface area contributed by atoms with Crippen molar-refractivity contribution in [2.45, 2.75) is 31.9 Å². The van der Waals surface area contributed by atoms with E-state index in [1.54, 1.807) is 7.11 Å². The molecular formula is C19H26N2O3. The van der Waals surface area contributed by atoms with E-state index in [0.717, 1.165) is 56.8 Å². The van der Waals surface area contributed by atoms with Crippen molar-refractivity contribution in [2.24, 2.45) is 0 Å². The summed E-state index contributed by atoms with van der Waals surface area (Å²) in [6, 6.07) is 8.14. The molecule has 1 atom stereocenters. The summed E-state index contributed by atoms with van der Waals surface area (Å²) >= 11 is 0. The molecule has 3 rings (SSSR count). The summed E-state index contributed by atoms with van der Waals surface area (Å²) in [4.78, 5) is 14.6. The zero-order valence-corrected chi connectivity index (χ0v) is 14.3. The van der Waals surface area contributed by atoms with E-state index in [1.807, 2.05) is 12.1 Å². The lowest BCUT2D eigenvalue weighted by Gasteiger charge is -2.26. The summed E-state index contributed by atoms with van der Waals surface area (Å²) in [5, 5.41) is 3.01. The van der Waals surface area contributed by atoms with E-state index in [2.05, 4.69) is 28.4 Å². The fourth-order valence-corrected chi connectivity index (χ4v) is 3.22. The molecule has 0 radical (unpaired) electrons. The van der Waals surface area contributed by atoms with Crippen molar-refractivity contribution in [2.75, 3.05) is 33.4 Å². The molecule has 24 heavy (non-hydrogen) atoms. The highest BCUT2D eigenvalue weighted by atomic mass is 16.5. The molecule has 1 aromatic rings. The Bertz CT molecular complexity index is 594. The lowest BCUT2D eigenvalue weighted by atomic mass is 10.1. The van der Waals surface area contributed by atoms with Crippen molar-refractivity contribution in [3.63, 3.8) is 0 Å². The normalized spacial score (nSPS) is 21.4. The van der Waals surface area contributed by atoms with Crippen LogP contribution in [0.4, 0.5) is 0 Å². The number of nitrogens with zero attached hydrogens (tertiary/aromatic N) is 1. The first kappa shape index (κ1) is 17.0. The first-order chi connectivity index (χ1) is 11.7. The van der Waals surface area contributed by atoms with Crippen LogP contribution in [0.3, 0.4) is 0 Å². The van der Waals surface area contributed by atoms with Gasteiger partial charge in [0.25, 0.3) is 0 Å². The van der Waals surface area contributed by atoms with E-state index < -0.39 is 0 Å². The number of benzene rings is 1. The molecule has 0 aromatic heterocycles. The Morgan fingerprint density at radius 1 is 1.46 bits per heavy atom. The van der Waals surface area contributed by atoms with Crippen LogP contribution in [0.5, 0.6) is 5.75 Å². The summed E-state index contributed by atoms with van der Waals surface area (Å²) < 4.78 is 10.8. The molecule has 5 nitrogen and oxygen atoms in total. The average Bonchev–Trinajstić information content (AvgIpc) is 3.14. The van der Waals surface area contributed by atoms with Crippen LogP contribution in [0.15, 0.2) is 35.9 Å². The zero-order valence-electron chi connectivity index (χ0n) is 14.3. The quantitative estimate of drug-likeness (QED) is 0.868. The van der Waals surface area contributed by atoms with Gasteiger partial charge in [-0.05, 0) is 37.0 Å². The molecule has 0 spiro atoms.